The van der Waals surface area contributed by atoms with E-state index >= 15 is 0 Å². The molecule has 0 radical (unpaired) electrons. The second kappa shape index (κ2) is 6.83. The molecule has 0 spiro atoms. The molecule has 1 aliphatic rings. The Morgan fingerprint density at radius 2 is 2.10 bits per heavy atom. The molecule has 1 atom stereocenters. The highest BCUT2D eigenvalue weighted by molar-refractivity contribution is 5.18. The Labute approximate surface area is 126 Å². The summed E-state index contributed by atoms with van der Waals surface area (Å²) < 4.78 is 2.15. The number of hydrogen-bond acceptors (Lipinski definition) is 4. The molecule has 0 aliphatic carbocycles. The molecule has 0 saturated heterocycles. The summed E-state index contributed by atoms with van der Waals surface area (Å²) in [4.78, 5) is 2.47. The van der Waals surface area contributed by atoms with Gasteiger partial charge in [0, 0.05) is 25.7 Å². The summed E-state index contributed by atoms with van der Waals surface area (Å²) in [6, 6.07) is 11.1. The lowest BCUT2D eigenvalue weighted by Gasteiger charge is -2.28. The molecule has 5 heteroatoms. The third-order valence-electron chi connectivity index (χ3n) is 4.10. The second-order valence-electron chi connectivity index (χ2n) is 5.53. The smallest absolute Gasteiger partial charge is 0.147 e. The molecule has 21 heavy (non-hydrogen) atoms. The molecule has 1 aromatic heterocycles. The third kappa shape index (κ3) is 3.49. The van der Waals surface area contributed by atoms with Crippen molar-refractivity contribution in [2.24, 2.45) is 0 Å². The predicted octanol–water partition coefficient (Wildman–Crippen LogP) is 1.83. The molecule has 3 rings (SSSR count). The van der Waals surface area contributed by atoms with Gasteiger partial charge >= 0.3 is 0 Å². The Morgan fingerprint density at radius 3 is 2.90 bits per heavy atom. The van der Waals surface area contributed by atoms with Gasteiger partial charge in [-0.05, 0) is 18.5 Å². The molecule has 0 saturated carbocycles. The molecule has 1 unspecified atom stereocenters. The molecule has 1 N–H and O–H groups in total. The SMILES string of the molecule is CCNC(CCN1CCn2cnnc2C1)c1ccccc1. The lowest BCUT2D eigenvalue weighted by Crippen LogP contribution is -2.36. The Bertz CT molecular complexity index is 551. The van der Waals surface area contributed by atoms with E-state index in [1.165, 1.54) is 5.56 Å². The number of fused-ring (bicyclic) bond motifs is 1. The van der Waals surface area contributed by atoms with E-state index in [0.29, 0.717) is 6.04 Å². The van der Waals surface area contributed by atoms with Crippen molar-refractivity contribution in [3.05, 3.63) is 48.0 Å². The van der Waals surface area contributed by atoms with E-state index in [1.54, 1.807) is 0 Å². The highest BCUT2D eigenvalue weighted by atomic mass is 15.3. The molecular weight excluding hydrogens is 262 g/mol. The zero-order valence-electron chi connectivity index (χ0n) is 12.6. The Balaban J connectivity index is 1.58. The van der Waals surface area contributed by atoms with Gasteiger partial charge in [0.05, 0.1) is 6.54 Å². The molecule has 0 fully saturated rings. The predicted molar refractivity (Wildman–Crippen MR) is 82.8 cm³/mol. The van der Waals surface area contributed by atoms with Gasteiger partial charge in [-0.3, -0.25) is 4.90 Å². The van der Waals surface area contributed by atoms with Crippen LogP contribution in [0.3, 0.4) is 0 Å². The van der Waals surface area contributed by atoms with Crippen LogP contribution in [-0.4, -0.2) is 39.3 Å². The highest BCUT2D eigenvalue weighted by Gasteiger charge is 2.18. The van der Waals surface area contributed by atoms with Crippen molar-refractivity contribution < 1.29 is 0 Å². The van der Waals surface area contributed by atoms with Crippen molar-refractivity contribution in [1.82, 2.24) is 25.0 Å². The van der Waals surface area contributed by atoms with Crippen molar-refractivity contribution in [3.63, 3.8) is 0 Å². The first-order valence-corrected chi connectivity index (χ1v) is 7.74. The lowest BCUT2D eigenvalue weighted by molar-refractivity contribution is 0.206. The van der Waals surface area contributed by atoms with E-state index in [4.69, 9.17) is 0 Å². The average Bonchev–Trinajstić information content (AvgIpc) is 3.00. The molecule has 0 bridgehead atoms. The summed E-state index contributed by atoms with van der Waals surface area (Å²) in [5.41, 5.74) is 1.37. The number of hydrogen-bond donors (Lipinski definition) is 1. The topological polar surface area (TPSA) is 46.0 Å². The first kappa shape index (κ1) is 14.2. The fraction of sp³-hybridized carbons (Fsp3) is 0.500. The van der Waals surface area contributed by atoms with Gasteiger partial charge in [-0.25, -0.2) is 0 Å². The Morgan fingerprint density at radius 1 is 1.24 bits per heavy atom. The van der Waals surface area contributed by atoms with Crippen LogP contribution in [0, 0.1) is 0 Å². The summed E-state index contributed by atoms with van der Waals surface area (Å²) in [5, 5.41) is 11.8. The number of rotatable bonds is 6. The van der Waals surface area contributed by atoms with Gasteiger partial charge in [-0.1, -0.05) is 37.3 Å². The van der Waals surface area contributed by atoms with Gasteiger partial charge in [0.15, 0.2) is 0 Å². The second-order valence-corrected chi connectivity index (χ2v) is 5.53. The molecule has 2 heterocycles. The number of aromatic nitrogens is 3. The van der Waals surface area contributed by atoms with Crippen LogP contribution in [0.25, 0.3) is 0 Å². The molecule has 112 valence electrons. The van der Waals surface area contributed by atoms with E-state index in [-0.39, 0.29) is 0 Å². The van der Waals surface area contributed by atoms with Crippen LogP contribution in [-0.2, 0) is 13.1 Å². The van der Waals surface area contributed by atoms with Crippen LogP contribution in [0.4, 0.5) is 0 Å². The van der Waals surface area contributed by atoms with Crippen LogP contribution >= 0.6 is 0 Å². The quantitative estimate of drug-likeness (QED) is 0.879. The average molecular weight is 285 g/mol. The van der Waals surface area contributed by atoms with E-state index < -0.39 is 0 Å². The minimum Gasteiger partial charge on any atom is -0.315 e. The fourth-order valence-electron chi connectivity index (χ4n) is 2.94. The van der Waals surface area contributed by atoms with Crippen molar-refractivity contribution in [2.75, 3.05) is 19.6 Å². The highest BCUT2D eigenvalue weighted by Crippen LogP contribution is 2.18. The van der Waals surface area contributed by atoms with Crippen LogP contribution in [0.15, 0.2) is 36.7 Å². The maximum Gasteiger partial charge on any atom is 0.147 e. The van der Waals surface area contributed by atoms with Gasteiger partial charge in [0.25, 0.3) is 0 Å². The van der Waals surface area contributed by atoms with E-state index in [9.17, 15) is 0 Å². The zero-order chi connectivity index (χ0) is 14.5. The summed E-state index contributed by atoms with van der Waals surface area (Å²) in [6.45, 7) is 7.23. The maximum absolute atomic E-state index is 4.18. The van der Waals surface area contributed by atoms with E-state index in [2.05, 4.69) is 62.2 Å². The van der Waals surface area contributed by atoms with Gasteiger partial charge in [0.1, 0.15) is 12.2 Å². The van der Waals surface area contributed by atoms with Crippen molar-refractivity contribution in [2.45, 2.75) is 32.5 Å². The molecular formula is C16H23N5. The van der Waals surface area contributed by atoms with Crippen LogP contribution in [0.1, 0.15) is 30.8 Å². The maximum atomic E-state index is 4.18. The summed E-state index contributed by atoms with van der Waals surface area (Å²) >= 11 is 0. The van der Waals surface area contributed by atoms with E-state index in [0.717, 1.165) is 45.0 Å². The minimum atomic E-state index is 0.427. The molecule has 2 aromatic rings. The van der Waals surface area contributed by atoms with Crippen LogP contribution in [0.2, 0.25) is 0 Å². The summed E-state index contributed by atoms with van der Waals surface area (Å²) in [5.74, 6) is 1.08. The Kier molecular flexibility index (Phi) is 4.62. The normalized spacial score (nSPS) is 16.6. The van der Waals surface area contributed by atoms with E-state index in [1.807, 2.05) is 6.33 Å². The van der Waals surface area contributed by atoms with Gasteiger partial charge in [-0.15, -0.1) is 10.2 Å². The van der Waals surface area contributed by atoms with Crippen LogP contribution < -0.4 is 5.32 Å². The van der Waals surface area contributed by atoms with Gasteiger partial charge in [-0.2, -0.15) is 0 Å². The van der Waals surface area contributed by atoms with Crippen molar-refractivity contribution in [3.8, 4) is 0 Å². The monoisotopic (exact) mass is 285 g/mol. The number of nitrogens with zero attached hydrogens (tertiary/aromatic N) is 4. The zero-order valence-corrected chi connectivity index (χ0v) is 12.6. The first-order valence-electron chi connectivity index (χ1n) is 7.74. The first-order chi connectivity index (χ1) is 10.4. The van der Waals surface area contributed by atoms with Gasteiger partial charge < -0.3 is 9.88 Å². The van der Waals surface area contributed by atoms with Gasteiger partial charge in [0.2, 0.25) is 0 Å². The minimum absolute atomic E-state index is 0.427. The lowest BCUT2D eigenvalue weighted by atomic mass is 10.0. The van der Waals surface area contributed by atoms with Crippen LogP contribution in [0.5, 0.6) is 0 Å². The summed E-state index contributed by atoms with van der Waals surface area (Å²) in [6.07, 6.45) is 2.95. The molecule has 1 aromatic carbocycles. The largest absolute Gasteiger partial charge is 0.315 e. The van der Waals surface area contributed by atoms with Crippen molar-refractivity contribution in [1.29, 1.82) is 0 Å². The molecule has 1 aliphatic heterocycles. The Hall–Kier alpha value is -1.72. The van der Waals surface area contributed by atoms with Crippen molar-refractivity contribution >= 4 is 0 Å². The number of nitrogens with one attached hydrogen (secondary N) is 1. The standard InChI is InChI=1S/C16H23N5/c1-2-17-15(14-6-4-3-5-7-14)8-9-20-10-11-21-13-18-19-16(21)12-20/h3-7,13,15,17H,2,8-12H2,1H3. The fourth-order valence-corrected chi connectivity index (χ4v) is 2.94. The molecule has 5 nitrogen and oxygen atoms in total. The number of benzene rings is 1. The summed E-state index contributed by atoms with van der Waals surface area (Å²) in [7, 11) is 0. The molecule has 0 amide bonds. The third-order valence-corrected chi connectivity index (χ3v) is 4.10.